The van der Waals surface area contributed by atoms with E-state index in [1.807, 2.05) is 0 Å². The summed E-state index contributed by atoms with van der Waals surface area (Å²) in [5, 5.41) is 5.77. The first kappa shape index (κ1) is 15.5. The van der Waals surface area contributed by atoms with Crippen LogP contribution in [0, 0.1) is 11.8 Å². The molecule has 0 saturated heterocycles. The lowest BCUT2D eigenvalue weighted by Crippen LogP contribution is -2.43. The largest absolute Gasteiger partial charge is 0.317 e. The quantitative estimate of drug-likeness (QED) is 0.869. The first-order valence-corrected chi connectivity index (χ1v) is 8.84. The predicted molar refractivity (Wildman–Crippen MR) is 87.7 cm³/mol. The molecule has 1 saturated carbocycles. The molecule has 3 unspecified atom stereocenters. The lowest BCUT2D eigenvalue weighted by molar-refractivity contribution is 0.162. The fraction of sp³-hybridized carbons (Fsp3) is 0.733. The Labute approximate surface area is 129 Å². The van der Waals surface area contributed by atoms with Crippen molar-refractivity contribution in [3.05, 3.63) is 20.8 Å². The van der Waals surface area contributed by atoms with Gasteiger partial charge in [-0.05, 0) is 78.1 Å². The maximum atomic E-state index is 3.54. The van der Waals surface area contributed by atoms with Crippen molar-refractivity contribution in [3.8, 4) is 0 Å². The van der Waals surface area contributed by atoms with E-state index in [0.717, 1.165) is 18.4 Å². The fourth-order valence-electron chi connectivity index (χ4n) is 3.29. The molecule has 0 radical (unpaired) electrons. The van der Waals surface area contributed by atoms with E-state index >= 15 is 0 Å². The molecule has 0 amide bonds. The minimum atomic E-state index is 0.702. The molecule has 2 rings (SSSR count). The van der Waals surface area contributed by atoms with E-state index in [0.29, 0.717) is 6.04 Å². The second kappa shape index (κ2) is 7.21. The molecular weight excluding hydrogens is 320 g/mol. The van der Waals surface area contributed by atoms with E-state index in [2.05, 4.69) is 58.6 Å². The number of hydrogen-bond acceptors (Lipinski definition) is 3. The van der Waals surface area contributed by atoms with Gasteiger partial charge in [-0.25, -0.2) is 0 Å². The Bertz CT molecular complexity index is 393. The zero-order chi connectivity index (χ0) is 13.8. The Hall–Kier alpha value is 0.100. The molecule has 108 valence electrons. The highest BCUT2D eigenvalue weighted by molar-refractivity contribution is 9.11. The highest BCUT2D eigenvalue weighted by Gasteiger charge is 2.28. The van der Waals surface area contributed by atoms with Gasteiger partial charge in [-0.2, -0.15) is 0 Å². The highest BCUT2D eigenvalue weighted by Crippen LogP contribution is 2.30. The van der Waals surface area contributed by atoms with Crippen molar-refractivity contribution in [2.75, 3.05) is 20.6 Å². The summed E-state index contributed by atoms with van der Waals surface area (Å²) in [6, 6.07) is 2.94. The molecule has 0 spiro atoms. The Morgan fingerprint density at radius 1 is 1.47 bits per heavy atom. The predicted octanol–water partition coefficient (Wildman–Crippen LogP) is 3.97. The van der Waals surface area contributed by atoms with Gasteiger partial charge in [0.1, 0.15) is 0 Å². The van der Waals surface area contributed by atoms with Gasteiger partial charge < -0.3 is 10.2 Å². The lowest BCUT2D eigenvalue weighted by atomic mass is 9.78. The fourth-order valence-corrected chi connectivity index (χ4v) is 4.49. The number of thiophene rings is 1. The van der Waals surface area contributed by atoms with E-state index in [1.165, 1.54) is 35.2 Å². The van der Waals surface area contributed by atoms with Crippen LogP contribution in [0.25, 0.3) is 0 Å². The van der Waals surface area contributed by atoms with Crippen molar-refractivity contribution < 1.29 is 0 Å². The molecule has 4 heteroatoms. The molecule has 0 bridgehead atoms. The number of nitrogens with one attached hydrogen (secondary N) is 1. The summed E-state index contributed by atoms with van der Waals surface area (Å²) >= 11 is 5.31. The highest BCUT2D eigenvalue weighted by atomic mass is 79.9. The SMILES string of the molecule is CNC1CCC(C)CC1CN(C)Cc1csc(Br)c1. The van der Waals surface area contributed by atoms with Crippen molar-refractivity contribution >= 4 is 27.3 Å². The number of hydrogen-bond donors (Lipinski definition) is 1. The number of halogens is 1. The van der Waals surface area contributed by atoms with Crippen LogP contribution in [-0.2, 0) is 6.54 Å². The molecule has 1 N–H and O–H groups in total. The molecule has 1 aromatic heterocycles. The monoisotopic (exact) mass is 344 g/mol. The van der Waals surface area contributed by atoms with Crippen LogP contribution in [-0.4, -0.2) is 31.6 Å². The molecule has 1 aliphatic rings. The average molecular weight is 345 g/mol. The van der Waals surface area contributed by atoms with Crippen LogP contribution in [0.5, 0.6) is 0 Å². The summed E-state index contributed by atoms with van der Waals surface area (Å²) in [4.78, 5) is 2.47. The third-order valence-corrected chi connectivity index (χ3v) is 5.79. The van der Waals surface area contributed by atoms with Crippen molar-refractivity contribution in [1.82, 2.24) is 10.2 Å². The van der Waals surface area contributed by atoms with Crippen molar-refractivity contribution in [3.63, 3.8) is 0 Å². The van der Waals surface area contributed by atoms with Gasteiger partial charge >= 0.3 is 0 Å². The molecule has 0 aromatic carbocycles. The van der Waals surface area contributed by atoms with Crippen LogP contribution in [0.1, 0.15) is 31.7 Å². The van der Waals surface area contributed by atoms with E-state index in [9.17, 15) is 0 Å². The van der Waals surface area contributed by atoms with Gasteiger partial charge in [-0.1, -0.05) is 6.92 Å². The first-order chi connectivity index (χ1) is 9.08. The summed E-state index contributed by atoms with van der Waals surface area (Å²) in [7, 11) is 4.36. The smallest absolute Gasteiger partial charge is 0.0701 e. The van der Waals surface area contributed by atoms with E-state index in [-0.39, 0.29) is 0 Å². The zero-order valence-electron chi connectivity index (χ0n) is 12.2. The molecule has 1 fully saturated rings. The molecule has 0 aliphatic heterocycles. The minimum Gasteiger partial charge on any atom is -0.317 e. The van der Waals surface area contributed by atoms with Gasteiger partial charge in [0.25, 0.3) is 0 Å². The number of rotatable bonds is 5. The van der Waals surface area contributed by atoms with Gasteiger partial charge in [0.05, 0.1) is 3.79 Å². The minimum absolute atomic E-state index is 0.702. The maximum absolute atomic E-state index is 3.54. The summed E-state index contributed by atoms with van der Waals surface area (Å²) in [5.74, 6) is 1.68. The van der Waals surface area contributed by atoms with E-state index < -0.39 is 0 Å². The van der Waals surface area contributed by atoms with Crippen molar-refractivity contribution in [2.24, 2.45) is 11.8 Å². The standard InChI is InChI=1S/C15H25BrN2S/c1-11-4-5-14(17-2)13(6-11)9-18(3)8-12-7-15(16)19-10-12/h7,10-11,13-14,17H,4-6,8-9H2,1-3H3. The Kier molecular flexibility index (Phi) is 5.87. The normalized spacial score (nSPS) is 27.9. The summed E-state index contributed by atoms with van der Waals surface area (Å²) in [6.07, 6.45) is 4.08. The van der Waals surface area contributed by atoms with Crippen LogP contribution in [0.4, 0.5) is 0 Å². The topological polar surface area (TPSA) is 15.3 Å². The zero-order valence-corrected chi connectivity index (χ0v) is 14.6. The van der Waals surface area contributed by atoms with Crippen LogP contribution in [0.3, 0.4) is 0 Å². The van der Waals surface area contributed by atoms with Gasteiger partial charge in [0, 0.05) is 19.1 Å². The van der Waals surface area contributed by atoms with Crippen LogP contribution in [0.2, 0.25) is 0 Å². The Balaban J connectivity index is 1.87. The second-order valence-electron chi connectivity index (χ2n) is 6.03. The van der Waals surface area contributed by atoms with Gasteiger partial charge in [0.15, 0.2) is 0 Å². The van der Waals surface area contributed by atoms with Gasteiger partial charge in [-0.15, -0.1) is 11.3 Å². The molecule has 1 heterocycles. The Morgan fingerprint density at radius 3 is 2.89 bits per heavy atom. The molecule has 3 atom stereocenters. The Morgan fingerprint density at radius 2 is 2.26 bits per heavy atom. The number of nitrogens with zero attached hydrogens (tertiary/aromatic N) is 1. The molecule has 2 nitrogen and oxygen atoms in total. The molecule has 19 heavy (non-hydrogen) atoms. The molecular formula is C15H25BrN2S. The van der Waals surface area contributed by atoms with Crippen LogP contribution < -0.4 is 5.32 Å². The van der Waals surface area contributed by atoms with Crippen molar-refractivity contribution in [1.29, 1.82) is 0 Å². The molecule has 1 aliphatic carbocycles. The second-order valence-corrected chi connectivity index (χ2v) is 8.32. The van der Waals surface area contributed by atoms with E-state index in [4.69, 9.17) is 0 Å². The van der Waals surface area contributed by atoms with Crippen LogP contribution >= 0.6 is 27.3 Å². The van der Waals surface area contributed by atoms with Crippen LogP contribution in [0.15, 0.2) is 15.2 Å². The summed E-state index contributed by atoms with van der Waals surface area (Å²) in [5.41, 5.74) is 1.42. The summed E-state index contributed by atoms with van der Waals surface area (Å²) in [6.45, 7) is 4.65. The van der Waals surface area contributed by atoms with Gasteiger partial charge in [-0.3, -0.25) is 0 Å². The third-order valence-electron chi connectivity index (χ3n) is 4.24. The lowest BCUT2D eigenvalue weighted by Gasteiger charge is -2.37. The third kappa shape index (κ3) is 4.55. The average Bonchev–Trinajstić information content (AvgIpc) is 2.75. The maximum Gasteiger partial charge on any atom is 0.0701 e. The van der Waals surface area contributed by atoms with E-state index in [1.54, 1.807) is 11.3 Å². The first-order valence-electron chi connectivity index (χ1n) is 7.17. The van der Waals surface area contributed by atoms with Crippen molar-refractivity contribution in [2.45, 2.75) is 38.8 Å². The summed E-state index contributed by atoms with van der Waals surface area (Å²) < 4.78 is 1.23. The molecule has 1 aromatic rings. The van der Waals surface area contributed by atoms with Gasteiger partial charge in [0.2, 0.25) is 0 Å².